The standard InChI is InChI=1S/C15H23NO2/c1-4-15(3,10-11-17)16-14(18)12(2)13-8-6-5-7-9-13/h5-9,12,17H,4,10-11H2,1-3H3,(H,16,18). The molecule has 0 spiro atoms. The van der Waals surface area contributed by atoms with Gasteiger partial charge < -0.3 is 10.4 Å². The van der Waals surface area contributed by atoms with Crippen LogP contribution in [0.3, 0.4) is 0 Å². The second-order valence-corrected chi connectivity index (χ2v) is 5.01. The fraction of sp³-hybridized carbons (Fsp3) is 0.533. The number of hydrogen-bond donors (Lipinski definition) is 2. The van der Waals surface area contributed by atoms with E-state index >= 15 is 0 Å². The number of carbonyl (C=O) groups excluding carboxylic acids is 1. The van der Waals surface area contributed by atoms with Gasteiger partial charge in [0.15, 0.2) is 0 Å². The number of aliphatic hydroxyl groups is 1. The third-order valence-corrected chi connectivity index (χ3v) is 3.56. The summed E-state index contributed by atoms with van der Waals surface area (Å²) in [5.74, 6) is -0.158. The lowest BCUT2D eigenvalue weighted by atomic mass is 9.92. The maximum Gasteiger partial charge on any atom is 0.227 e. The number of benzene rings is 1. The second-order valence-electron chi connectivity index (χ2n) is 5.01. The van der Waals surface area contributed by atoms with Crippen LogP contribution in [0.15, 0.2) is 30.3 Å². The smallest absolute Gasteiger partial charge is 0.227 e. The maximum absolute atomic E-state index is 12.2. The summed E-state index contributed by atoms with van der Waals surface area (Å²) in [6.07, 6.45) is 1.39. The lowest BCUT2D eigenvalue weighted by Gasteiger charge is -2.30. The van der Waals surface area contributed by atoms with Crippen molar-refractivity contribution >= 4 is 5.91 Å². The van der Waals surface area contributed by atoms with Gasteiger partial charge in [-0.15, -0.1) is 0 Å². The highest BCUT2D eigenvalue weighted by molar-refractivity contribution is 5.83. The first-order valence-electron chi connectivity index (χ1n) is 6.50. The van der Waals surface area contributed by atoms with Gasteiger partial charge in [-0.25, -0.2) is 0 Å². The highest BCUT2D eigenvalue weighted by Crippen LogP contribution is 2.19. The summed E-state index contributed by atoms with van der Waals surface area (Å²) >= 11 is 0. The Morgan fingerprint density at radius 3 is 2.50 bits per heavy atom. The SMILES string of the molecule is CCC(C)(CCO)NC(=O)C(C)c1ccccc1. The van der Waals surface area contributed by atoms with Gasteiger partial charge in [-0.3, -0.25) is 4.79 Å². The molecule has 0 fully saturated rings. The monoisotopic (exact) mass is 249 g/mol. The van der Waals surface area contributed by atoms with Crippen molar-refractivity contribution in [3.05, 3.63) is 35.9 Å². The molecule has 0 radical (unpaired) electrons. The number of carbonyl (C=O) groups is 1. The van der Waals surface area contributed by atoms with E-state index in [1.807, 2.05) is 51.1 Å². The molecule has 18 heavy (non-hydrogen) atoms. The van der Waals surface area contributed by atoms with Crippen LogP contribution in [0, 0.1) is 0 Å². The van der Waals surface area contributed by atoms with E-state index < -0.39 is 0 Å². The minimum atomic E-state index is -0.325. The van der Waals surface area contributed by atoms with Crippen molar-refractivity contribution in [2.75, 3.05) is 6.61 Å². The first-order valence-corrected chi connectivity index (χ1v) is 6.50. The molecule has 3 heteroatoms. The van der Waals surface area contributed by atoms with E-state index in [1.54, 1.807) is 0 Å². The summed E-state index contributed by atoms with van der Waals surface area (Å²) in [6.45, 7) is 5.98. The Bertz CT molecular complexity index is 377. The van der Waals surface area contributed by atoms with Crippen molar-refractivity contribution in [3.63, 3.8) is 0 Å². The van der Waals surface area contributed by atoms with Crippen LogP contribution in [0.2, 0.25) is 0 Å². The number of nitrogens with one attached hydrogen (secondary N) is 1. The van der Waals surface area contributed by atoms with Gasteiger partial charge in [-0.1, -0.05) is 37.3 Å². The number of hydrogen-bond acceptors (Lipinski definition) is 2. The molecular weight excluding hydrogens is 226 g/mol. The van der Waals surface area contributed by atoms with E-state index in [4.69, 9.17) is 5.11 Å². The van der Waals surface area contributed by atoms with Gasteiger partial charge in [0.25, 0.3) is 0 Å². The molecule has 2 unspecified atom stereocenters. The zero-order valence-electron chi connectivity index (χ0n) is 11.4. The molecule has 0 aliphatic heterocycles. The molecule has 0 aliphatic rings. The Labute approximate surface area is 109 Å². The normalized spacial score (nSPS) is 15.8. The summed E-state index contributed by atoms with van der Waals surface area (Å²) in [5.41, 5.74) is 0.687. The van der Waals surface area contributed by atoms with Crippen LogP contribution in [0.5, 0.6) is 0 Å². The molecular formula is C15H23NO2. The van der Waals surface area contributed by atoms with Gasteiger partial charge in [-0.2, -0.15) is 0 Å². The molecule has 3 nitrogen and oxygen atoms in total. The van der Waals surface area contributed by atoms with E-state index in [2.05, 4.69) is 5.32 Å². The van der Waals surface area contributed by atoms with Crippen LogP contribution in [-0.4, -0.2) is 23.2 Å². The summed E-state index contributed by atoms with van der Waals surface area (Å²) in [4.78, 5) is 12.2. The number of amides is 1. The molecule has 0 heterocycles. The third-order valence-electron chi connectivity index (χ3n) is 3.56. The van der Waals surface area contributed by atoms with E-state index in [9.17, 15) is 4.79 Å². The molecule has 0 saturated carbocycles. The molecule has 1 aromatic rings. The van der Waals surface area contributed by atoms with Gasteiger partial charge in [0.2, 0.25) is 5.91 Å². The first kappa shape index (κ1) is 14.7. The Morgan fingerprint density at radius 1 is 1.39 bits per heavy atom. The largest absolute Gasteiger partial charge is 0.396 e. The third kappa shape index (κ3) is 3.84. The fourth-order valence-electron chi connectivity index (χ4n) is 1.87. The Kier molecular flexibility index (Phi) is 5.35. The molecule has 0 saturated heterocycles. The summed E-state index contributed by atoms with van der Waals surface area (Å²) < 4.78 is 0. The molecule has 2 N–H and O–H groups in total. The average molecular weight is 249 g/mol. The predicted octanol–water partition coefficient (Wildman–Crippen LogP) is 2.46. The van der Waals surface area contributed by atoms with Gasteiger partial charge in [0, 0.05) is 12.1 Å². The van der Waals surface area contributed by atoms with Crippen LogP contribution in [0.25, 0.3) is 0 Å². The molecule has 0 bridgehead atoms. The molecule has 0 aliphatic carbocycles. The first-order chi connectivity index (χ1) is 8.52. The number of rotatable bonds is 6. The number of aliphatic hydroxyl groups excluding tert-OH is 1. The molecule has 100 valence electrons. The van der Waals surface area contributed by atoms with Crippen molar-refractivity contribution in [2.24, 2.45) is 0 Å². The van der Waals surface area contributed by atoms with Crippen LogP contribution < -0.4 is 5.32 Å². The molecule has 2 atom stereocenters. The Morgan fingerprint density at radius 2 is 2.00 bits per heavy atom. The van der Waals surface area contributed by atoms with Gasteiger partial charge in [0.1, 0.15) is 0 Å². The lowest BCUT2D eigenvalue weighted by molar-refractivity contribution is -0.124. The van der Waals surface area contributed by atoms with E-state index in [1.165, 1.54) is 0 Å². The minimum absolute atomic E-state index is 0.0130. The van der Waals surface area contributed by atoms with E-state index in [-0.39, 0.29) is 24.0 Å². The van der Waals surface area contributed by atoms with Crippen molar-refractivity contribution in [1.82, 2.24) is 5.32 Å². The van der Waals surface area contributed by atoms with Crippen molar-refractivity contribution in [1.29, 1.82) is 0 Å². The average Bonchev–Trinajstić information content (AvgIpc) is 2.39. The molecule has 1 aromatic carbocycles. The summed E-state index contributed by atoms with van der Waals surface area (Å²) in [6, 6.07) is 9.73. The van der Waals surface area contributed by atoms with E-state index in [0.717, 1.165) is 12.0 Å². The zero-order chi connectivity index (χ0) is 13.6. The zero-order valence-corrected chi connectivity index (χ0v) is 11.4. The summed E-state index contributed by atoms with van der Waals surface area (Å²) in [5, 5.41) is 12.1. The Balaban J connectivity index is 2.70. The quantitative estimate of drug-likeness (QED) is 0.813. The molecule has 1 amide bonds. The predicted molar refractivity (Wildman–Crippen MR) is 73.4 cm³/mol. The highest BCUT2D eigenvalue weighted by Gasteiger charge is 2.26. The Hall–Kier alpha value is -1.35. The maximum atomic E-state index is 12.2. The van der Waals surface area contributed by atoms with Crippen LogP contribution >= 0.6 is 0 Å². The topological polar surface area (TPSA) is 49.3 Å². The minimum Gasteiger partial charge on any atom is -0.396 e. The van der Waals surface area contributed by atoms with Crippen LogP contribution in [0.4, 0.5) is 0 Å². The van der Waals surface area contributed by atoms with Gasteiger partial charge in [-0.05, 0) is 32.3 Å². The van der Waals surface area contributed by atoms with Crippen molar-refractivity contribution < 1.29 is 9.90 Å². The molecule has 1 rings (SSSR count). The van der Waals surface area contributed by atoms with Gasteiger partial charge >= 0.3 is 0 Å². The van der Waals surface area contributed by atoms with Crippen LogP contribution in [0.1, 0.15) is 45.1 Å². The second kappa shape index (κ2) is 6.55. The lowest BCUT2D eigenvalue weighted by Crippen LogP contribution is -2.47. The van der Waals surface area contributed by atoms with Crippen molar-refractivity contribution in [2.45, 2.75) is 45.1 Å². The van der Waals surface area contributed by atoms with Crippen LogP contribution in [-0.2, 0) is 4.79 Å². The summed E-state index contributed by atoms with van der Waals surface area (Å²) in [7, 11) is 0. The van der Waals surface area contributed by atoms with E-state index in [0.29, 0.717) is 6.42 Å². The van der Waals surface area contributed by atoms with Gasteiger partial charge in [0.05, 0.1) is 5.92 Å². The fourth-order valence-corrected chi connectivity index (χ4v) is 1.87. The highest BCUT2D eigenvalue weighted by atomic mass is 16.3. The molecule has 0 aromatic heterocycles. The van der Waals surface area contributed by atoms with Crippen molar-refractivity contribution in [3.8, 4) is 0 Å².